The van der Waals surface area contributed by atoms with Crippen molar-refractivity contribution < 1.29 is 14.0 Å². The Morgan fingerprint density at radius 1 is 0.750 bits per heavy atom. The molecule has 0 saturated heterocycles. The Morgan fingerprint density at radius 2 is 1.30 bits per heavy atom. The van der Waals surface area contributed by atoms with Crippen LogP contribution in [0.15, 0.2) is 64.5 Å². The van der Waals surface area contributed by atoms with Gasteiger partial charge in [-0.2, -0.15) is 0 Å². The number of ketones is 2. The lowest BCUT2D eigenvalue weighted by molar-refractivity contribution is 0.100. The maximum absolute atomic E-state index is 14.1. The van der Waals surface area contributed by atoms with Gasteiger partial charge < -0.3 is 15.0 Å². The highest BCUT2D eigenvalue weighted by atomic mass is 79.9. The zero-order valence-electron chi connectivity index (χ0n) is 25.4. The van der Waals surface area contributed by atoms with E-state index in [9.17, 15) is 14.0 Å². The summed E-state index contributed by atoms with van der Waals surface area (Å²) in [6.45, 7) is 11.0. The molecule has 4 heterocycles. The summed E-state index contributed by atoms with van der Waals surface area (Å²) in [4.78, 5) is 36.0. The lowest BCUT2D eigenvalue weighted by Crippen LogP contribution is -2.09. The zero-order chi connectivity index (χ0) is 31.4. The van der Waals surface area contributed by atoms with Crippen molar-refractivity contribution in [1.82, 2.24) is 15.0 Å². The van der Waals surface area contributed by atoms with Crippen LogP contribution >= 0.6 is 27.3 Å². The van der Waals surface area contributed by atoms with Crippen LogP contribution in [0.5, 0.6) is 0 Å². The van der Waals surface area contributed by atoms with Crippen molar-refractivity contribution in [1.29, 1.82) is 0 Å². The minimum Gasteiger partial charge on any atom is -0.361 e. The molecule has 0 aliphatic heterocycles. The summed E-state index contributed by atoms with van der Waals surface area (Å²) in [6, 6.07) is 17.0. The monoisotopic (exact) mass is 669 g/mol. The highest BCUT2D eigenvalue weighted by molar-refractivity contribution is 9.10. The lowest BCUT2D eigenvalue weighted by atomic mass is 9.89. The second-order valence-electron chi connectivity index (χ2n) is 11.6. The van der Waals surface area contributed by atoms with Crippen LogP contribution in [0.4, 0.5) is 4.39 Å². The molecule has 0 bridgehead atoms. The van der Waals surface area contributed by atoms with Crippen LogP contribution in [-0.2, 0) is 0 Å². The molecule has 0 aliphatic rings. The van der Waals surface area contributed by atoms with E-state index in [0.717, 1.165) is 71.8 Å². The topological polar surface area (TPSA) is 81.5 Å². The third-order valence-corrected chi connectivity index (χ3v) is 10.1. The maximum Gasteiger partial charge on any atom is 0.161 e. The summed E-state index contributed by atoms with van der Waals surface area (Å²) in [7, 11) is 0. The van der Waals surface area contributed by atoms with E-state index in [1.165, 1.54) is 16.8 Å². The summed E-state index contributed by atoms with van der Waals surface area (Å²) in [5.41, 5.74) is 10.6. The first-order valence-electron chi connectivity index (χ1n) is 14.5. The molecule has 2 atom stereocenters. The molecular weight excluding hydrogens is 637 g/mol. The first kappa shape index (κ1) is 30.0. The number of carbonyl (C=O) groups excluding carboxylic acids is 2. The number of nitrogens with one attached hydrogen (secondary N) is 3. The van der Waals surface area contributed by atoms with E-state index >= 15 is 0 Å². The number of Topliss-reactive ketones (excluding diaryl/α,β-unsaturated/α-hetero) is 2. The van der Waals surface area contributed by atoms with E-state index in [0.29, 0.717) is 5.56 Å². The number of aryl methyl sites for hydroxylation is 2. The van der Waals surface area contributed by atoms with Crippen LogP contribution in [-0.4, -0.2) is 26.5 Å². The molecule has 2 aromatic carbocycles. The number of carbonyl (C=O) groups is 2. The fourth-order valence-corrected chi connectivity index (χ4v) is 8.16. The Kier molecular flexibility index (Phi) is 7.84. The van der Waals surface area contributed by atoms with E-state index in [1.54, 1.807) is 37.3 Å². The van der Waals surface area contributed by atoms with Crippen LogP contribution in [0.2, 0.25) is 0 Å². The number of thiophene rings is 1. The van der Waals surface area contributed by atoms with Gasteiger partial charge in [0.15, 0.2) is 11.6 Å². The Balaban J connectivity index is 1.58. The van der Waals surface area contributed by atoms with E-state index in [2.05, 4.69) is 60.5 Å². The molecule has 0 saturated carbocycles. The van der Waals surface area contributed by atoms with Crippen molar-refractivity contribution in [3.8, 4) is 0 Å². The van der Waals surface area contributed by atoms with Crippen LogP contribution in [0.25, 0.3) is 10.1 Å². The third kappa shape index (κ3) is 5.10. The van der Waals surface area contributed by atoms with E-state index < -0.39 is 0 Å². The quantitative estimate of drug-likeness (QED) is 0.141. The number of H-pyrrole nitrogens is 3. The molecule has 6 rings (SSSR count). The predicted octanol–water partition coefficient (Wildman–Crippen LogP) is 9.79. The molecule has 0 amide bonds. The van der Waals surface area contributed by atoms with Gasteiger partial charge in [0.2, 0.25) is 0 Å². The fourth-order valence-electron chi connectivity index (χ4n) is 6.83. The number of benzene rings is 2. The molecule has 0 aliphatic carbocycles. The van der Waals surface area contributed by atoms with Gasteiger partial charge in [-0.3, -0.25) is 9.59 Å². The van der Waals surface area contributed by atoms with Crippen molar-refractivity contribution in [3.63, 3.8) is 0 Å². The van der Waals surface area contributed by atoms with Crippen LogP contribution in [0.1, 0.15) is 103 Å². The molecular formula is C36H33BrFN3O2S. The smallest absolute Gasteiger partial charge is 0.161 e. The highest BCUT2D eigenvalue weighted by Crippen LogP contribution is 2.43. The number of aromatic nitrogens is 3. The van der Waals surface area contributed by atoms with Crippen molar-refractivity contribution in [2.24, 2.45) is 0 Å². The Hall–Kier alpha value is -4.01. The lowest BCUT2D eigenvalue weighted by Gasteiger charge is -2.19. The molecule has 6 aromatic rings. The third-order valence-electron chi connectivity index (χ3n) is 8.67. The first-order chi connectivity index (χ1) is 21.0. The molecule has 0 fully saturated rings. The second kappa shape index (κ2) is 11.5. The number of halogens is 2. The number of hydrogen-bond donors (Lipinski definition) is 3. The fraction of sp³-hybridized carbons (Fsp3) is 0.222. The van der Waals surface area contributed by atoms with Gasteiger partial charge in [0.25, 0.3) is 0 Å². The van der Waals surface area contributed by atoms with Crippen molar-refractivity contribution >= 4 is 48.9 Å². The minimum absolute atomic E-state index is 0.00181. The molecule has 0 spiro atoms. The summed E-state index contributed by atoms with van der Waals surface area (Å²) < 4.78 is 16.2. The standard InChI is InChI=1S/C36H33BrFN3O2S/c1-17-31(21(5)42)19(3)39-35(17)33(23-7-10-25(38)11-8-23)28-12-13-29(41-28)34(36-18(2)32(22(6)43)20(4)40-36)27-16-44-30-14-9-24(37)15-26(27)30/h7-16,33-34,39-41H,1-6H3. The maximum atomic E-state index is 14.1. The summed E-state index contributed by atoms with van der Waals surface area (Å²) in [5.74, 6) is -0.794. The van der Waals surface area contributed by atoms with Crippen molar-refractivity contribution in [2.45, 2.75) is 53.4 Å². The van der Waals surface area contributed by atoms with Gasteiger partial charge in [0.1, 0.15) is 5.82 Å². The van der Waals surface area contributed by atoms with Crippen LogP contribution in [0.3, 0.4) is 0 Å². The first-order valence-corrected chi connectivity index (χ1v) is 16.1. The molecule has 2 unspecified atom stereocenters. The zero-order valence-corrected chi connectivity index (χ0v) is 27.8. The highest BCUT2D eigenvalue weighted by Gasteiger charge is 2.30. The van der Waals surface area contributed by atoms with Crippen LogP contribution in [0, 0.1) is 33.5 Å². The molecule has 44 heavy (non-hydrogen) atoms. The molecule has 4 aromatic heterocycles. The van der Waals surface area contributed by atoms with Crippen molar-refractivity contribution in [2.75, 3.05) is 0 Å². The number of aromatic amines is 3. The van der Waals surface area contributed by atoms with Gasteiger partial charge in [0, 0.05) is 54.5 Å². The summed E-state index contributed by atoms with van der Waals surface area (Å²) in [5, 5.41) is 3.33. The van der Waals surface area contributed by atoms with Gasteiger partial charge in [-0.1, -0.05) is 28.1 Å². The Bertz CT molecular complexity index is 2060. The van der Waals surface area contributed by atoms with Crippen LogP contribution < -0.4 is 0 Å². The minimum atomic E-state index is -0.307. The average molecular weight is 671 g/mol. The normalized spacial score (nSPS) is 13.0. The molecule has 0 radical (unpaired) electrons. The van der Waals surface area contributed by atoms with Gasteiger partial charge in [-0.05, 0) is 117 Å². The summed E-state index contributed by atoms with van der Waals surface area (Å²) in [6.07, 6.45) is 0. The molecule has 3 N–H and O–H groups in total. The number of fused-ring (bicyclic) bond motifs is 1. The summed E-state index contributed by atoms with van der Waals surface area (Å²) >= 11 is 5.35. The second-order valence-corrected chi connectivity index (χ2v) is 13.4. The van der Waals surface area contributed by atoms with Crippen molar-refractivity contribution in [3.05, 3.63) is 138 Å². The largest absolute Gasteiger partial charge is 0.361 e. The molecule has 5 nitrogen and oxygen atoms in total. The Morgan fingerprint density at radius 3 is 1.84 bits per heavy atom. The SMILES string of the molecule is CC(=O)c1c(C)[nH]c(C(c2ccc(F)cc2)c2ccc(C(c3[nH]c(C)c(C(C)=O)c3C)c3csc4ccc(Br)cc34)[nH]2)c1C. The number of hydrogen-bond acceptors (Lipinski definition) is 3. The molecule has 224 valence electrons. The van der Waals surface area contributed by atoms with Gasteiger partial charge in [-0.25, -0.2) is 4.39 Å². The molecule has 8 heteroatoms. The average Bonchev–Trinajstić information content (AvgIpc) is 3.73. The van der Waals surface area contributed by atoms with Gasteiger partial charge >= 0.3 is 0 Å². The Labute approximate surface area is 268 Å². The predicted molar refractivity (Wildman–Crippen MR) is 179 cm³/mol. The van der Waals surface area contributed by atoms with E-state index in [-0.39, 0.29) is 29.2 Å². The van der Waals surface area contributed by atoms with Gasteiger partial charge in [-0.15, -0.1) is 11.3 Å². The van der Waals surface area contributed by atoms with E-state index in [4.69, 9.17) is 0 Å². The van der Waals surface area contributed by atoms with Gasteiger partial charge in [0.05, 0.1) is 11.8 Å². The number of rotatable bonds is 8. The van der Waals surface area contributed by atoms with E-state index in [1.807, 2.05) is 33.8 Å².